The highest BCUT2D eigenvalue weighted by atomic mass is 16.5. The predicted octanol–water partition coefficient (Wildman–Crippen LogP) is 1.36. The molecule has 0 saturated carbocycles. The molecule has 1 aliphatic heterocycles. The molecule has 0 bridgehead atoms. The number of aryl methyl sites for hydroxylation is 1. The molecule has 1 aliphatic rings. The number of benzene rings is 1. The van der Waals surface area contributed by atoms with Crippen molar-refractivity contribution in [2.75, 3.05) is 31.6 Å². The number of fused-ring (bicyclic) bond motifs is 1. The van der Waals surface area contributed by atoms with Crippen LogP contribution in [0.3, 0.4) is 0 Å². The minimum Gasteiger partial charge on any atom is -0.494 e. The highest BCUT2D eigenvalue weighted by molar-refractivity contribution is 6.45. The Bertz CT molecular complexity index is 1670. The lowest BCUT2D eigenvalue weighted by atomic mass is 10.1. The Morgan fingerprint density at radius 2 is 1.95 bits per heavy atom. The van der Waals surface area contributed by atoms with Crippen LogP contribution in [0.5, 0.6) is 5.75 Å². The van der Waals surface area contributed by atoms with Gasteiger partial charge < -0.3 is 19.5 Å². The summed E-state index contributed by atoms with van der Waals surface area (Å²) < 4.78 is 8.66. The van der Waals surface area contributed by atoms with Crippen molar-refractivity contribution in [3.63, 3.8) is 0 Å². The van der Waals surface area contributed by atoms with Crippen LogP contribution in [0.1, 0.15) is 23.1 Å². The highest BCUT2D eigenvalue weighted by Crippen LogP contribution is 2.32. The molecule has 1 atom stereocenters. The van der Waals surface area contributed by atoms with Gasteiger partial charge in [0.2, 0.25) is 0 Å². The van der Waals surface area contributed by atoms with Crippen LogP contribution in [-0.4, -0.2) is 94.3 Å². The first-order valence-corrected chi connectivity index (χ1v) is 12.3. The number of aromatic nitrogens is 9. The van der Waals surface area contributed by atoms with Crippen molar-refractivity contribution in [2.24, 2.45) is 0 Å². The summed E-state index contributed by atoms with van der Waals surface area (Å²) in [5.74, 6) is 0.732. The van der Waals surface area contributed by atoms with Crippen molar-refractivity contribution >= 4 is 28.5 Å². The van der Waals surface area contributed by atoms with Gasteiger partial charge in [0.15, 0.2) is 5.82 Å². The van der Waals surface area contributed by atoms with E-state index < -0.39 is 11.7 Å². The minimum absolute atomic E-state index is 0.132. The van der Waals surface area contributed by atoms with Crippen molar-refractivity contribution in [3.05, 3.63) is 60.4 Å². The van der Waals surface area contributed by atoms with Gasteiger partial charge in [-0.3, -0.25) is 9.59 Å². The molecular formula is C25H25N11O3. The van der Waals surface area contributed by atoms with Crippen LogP contribution in [0.4, 0.5) is 5.95 Å². The number of carbonyl (C=O) groups is 2. The molecule has 1 N–H and O–H groups in total. The van der Waals surface area contributed by atoms with E-state index >= 15 is 0 Å². The number of nitrogens with zero attached hydrogens (tertiary/aromatic N) is 10. The van der Waals surface area contributed by atoms with E-state index in [0.717, 1.165) is 5.69 Å². The van der Waals surface area contributed by atoms with Crippen LogP contribution in [0.25, 0.3) is 22.4 Å². The molecule has 1 aromatic carbocycles. The van der Waals surface area contributed by atoms with Crippen LogP contribution in [-0.2, 0) is 4.79 Å². The molecule has 1 saturated heterocycles. The molecule has 4 aromatic heterocycles. The maximum atomic E-state index is 13.5. The smallest absolute Gasteiger partial charge is 0.295 e. The van der Waals surface area contributed by atoms with Gasteiger partial charge >= 0.3 is 0 Å². The largest absolute Gasteiger partial charge is 0.494 e. The number of aromatic amines is 1. The Balaban J connectivity index is 1.25. The van der Waals surface area contributed by atoms with E-state index in [-0.39, 0.29) is 11.6 Å². The van der Waals surface area contributed by atoms with Crippen molar-refractivity contribution in [1.29, 1.82) is 0 Å². The molecule has 5 aromatic rings. The molecule has 14 nitrogen and oxygen atoms in total. The van der Waals surface area contributed by atoms with E-state index in [1.165, 1.54) is 30.5 Å². The quantitative estimate of drug-likeness (QED) is 0.253. The maximum Gasteiger partial charge on any atom is 0.295 e. The lowest BCUT2D eigenvalue weighted by Crippen LogP contribution is -2.55. The third kappa shape index (κ3) is 4.15. The fourth-order valence-electron chi connectivity index (χ4n) is 4.86. The van der Waals surface area contributed by atoms with Gasteiger partial charge in [-0.2, -0.15) is 9.78 Å². The van der Waals surface area contributed by atoms with Gasteiger partial charge in [-0.1, -0.05) is 23.3 Å². The number of ether oxygens (including phenoxy) is 1. The van der Waals surface area contributed by atoms with Gasteiger partial charge in [0, 0.05) is 31.9 Å². The maximum absolute atomic E-state index is 13.5. The number of Topliss-reactive ketones (excluding diaryl/α,β-unsaturated/α-hetero) is 1. The van der Waals surface area contributed by atoms with Crippen LogP contribution in [0.15, 0.2) is 49.1 Å². The van der Waals surface area contributed by atoms with E-state index in [2.05, 4.69) is 35.6 Å². The Kier molecular flexibility index (Phi) is 5.98. The first kappa shape index (κ1) is 24.2. The van der Waals surface area contributed by atoms with Gasteiger partial charge in [-0.25, -0.2) is 14.6 Å². The van der Waals surface area contributed by atoms with E-state index in [1.807, 2.05) is 42.2 Å². The van der Waals surface area contributed by atoms with Gasteiger partial charge in [-0.05, 0) is 36.4 Å². The molecule has 39 heavy (non-hydrogen) atoms. The number of para-hydroxylation sites is 1. The van der Waals surface area contributed by atoms with Crippen molar-refractivity contribution in [3.8, 4) is 17.3 Å². The average Bonchev–Trinajstić information content (AvgIpc) is 3.72. The van der Waals surface area contributed by atoms with E-state index in [0.29, 0.717) is 53.9 Å². The Morgan fingerprint density at radius 1 is 1.13 bits per heavy atom. The Labute approximate surface area is 222 Å². The van der Waals surface area contributed by atoms with Crippen LogP contribution in [0, 0.1) is 6.92 Å². The van der Waals surface area contributed by atoms with Crippen molar-refractivity contribution in [1.82, 2.24) is 49.8 Å². The Morgan fingerprint density at radius 3 is 2.67 bits per heavy atom. The lowest BCUT2D eigenvalue weighted by Gasteiger charge is -2.39. The summed E-state index contributed by atoms with van der Waals surface area (Å²) in [6.07, 6.45) is 4.55. The van der Waals surface area contributed by atoms with E-state index in [4.69, 9.17) is 4.74 Å². The molecule has 6 rings (SSSR count). The SMILES string of the molecule is COc1cnc(-n2cnc(C)n2)c2[nH]cc(C(=O)C(=O)N3CCN(c4nnnn4-c4ccccc4)[C@H](C)C3)c12. The molecule has 0 aliphatic carbocycles. The summed E-state index contributed by atoms with van der Waals surface area (Å²) in [6, 6.07) is 9.46. The zero-order chi connectivity index (χ0) is 27.1. The molecule has 1 amide bonds. The van der Waals surface area contributed by atoms with Crippen LogP contribution in [0.2, 0.25) is 0 Å². The second-order valence-electron chi connectivity index (χ2n) is 9.19. The first-order valence-electron chi connectivity index (χ1n) is 12.3. The number of tetrazole rings is 1. The number of H-pyrrole nitrogens is 1. The number of hydrogen-bond acceptors (Lipinski definition) is 10. The predicted molar refractivity (Wildman–Crippen MR) is 139 cm³/mol. The van der Waals surface area contributed by atoms with Crippen molar-refractivity contribution < 1.29 is 14.3 Å². The third-order valence-corrected chi connectivity index (χ3v) is 6.76. The first-order chi connectivity index (χ1) is 19.0. The average molecular weight is 528 g/mol. The molecule has 198 valence electrons. The number of carbonyl (C=O) groups excluding carboxylic acids is 2. The molecule has 0 radical (unpaired) electrons. The number of hydrogen-bond donors (Lipinski definition) is 1. The van der Waals surface area contributed by atoms with Crippen molar-refractivity contribution in [2.45, 2.75) is 19.9 Å². The van der Waals surface area contributed by atoms with E-state index in [9.17, 15) is 9.59 Å². The zero-order valence-corrected chi connectivity index (χ0v) is 21.5. The number of methoxy groups -OCH3 is 1. The van der Waals surface area contributed by atoms with Gasteiger partial charge in [0.1, 0.15) is 17.9 Å². The van der Waals surface area contributed by atoms with Gasteiger partial charge in [0.25, 0.3) is 17.6 Å². The van der Waals surface area contributed by atoms with Gasteiger partial charge in [-0.15, -0.1) is 0 Å². The number of pyridine rings is 1. The number of piperazine rings is 1. The summed E-state index contributed by atoms with van der Waals surface area (Å²) in [4.78, 5) is 42.2. The minimum atomic E-state index is -0.638. The zero-order valence-electron chi connectivity index (χ0n) is 21.5. The fraction of sp³-hybridized carbons (Fsp3) is 0.280. The summed E-state index contributed by atoms with van der Waals surface area (Å²) in [6.45, 7) is 4.87. The van der Waals surface area contributed by atoms with Crippen LogP contribution >= 0.6 is 0 Å². The molecule has 5 heterocycles. The number of rotatable bonds is 6. The van der Waals surface area contributed by atoms with E-state index in [1.54, 1.807) is 16.5 Å². The summed E-state index contributed by atoms with van der Waals surface area (Å²) >= 11 is 0. The summed E-state index contributed by atoms with van der Waals surface area (Å²) in [5, 5.41) is 17.0. The number of anilines is 1. The monoisotopic (exact) mass is 527 g/mol. The lowest BCUT2D eigenvalue weighted by molar-refractivity contribution is -0.127. The second-order valence-corrected chi connectivity index (χ2v) is 9.19. The molecule has 1 fully saturated rings. The van der Waals surface area contributed by atoms with Gasteiger partial charge in [0.05, 0.1) is 35.5 Å². The second kappa shape index (κ2) is 9.63. The van der Waals surface area contributed by atoms with Crippen LogP contribution < -0.4 is 9.64 Å². The molecule has 0 unspecified atom stereocenters. The number of amides is 1. The molecule has 0 spiro atoms. The fourth-order valence-corrected chi connectivity index (χ4v) is 4.86. The number of ketones is 1. The summed E-state index contributed by atoms with van der Waals surface area (Å²) in [7, 11) is 1.49. The molecular weight excluding hydrogens is 502 g/mol. The number of nitrogens with one attached hydrogen (secondary N) is 1. The topological polar surface area (TPSA) is 153 Å². The Hall–Kier alpha value is -5.14. The normalized spacial score (nSPS) is 15.6. The highest BCUT2D eigenvalue weighted by Gasteiger charge is 2.34. The molecule has 14 heteroatoms. The standard InChI is InChI=1S/C25H25N11O3/c1-15-13-33(9-10-34(15)25-29-31-32-36(25)17-7-5-4-6-8-17)24(38)22(37)18-11-26-21-20(18)19(39-3)12-27-23(21)35-14-28-16(2)30-35/h4-8,11-12,14-15,26H,9-10,13H2,1-3H3/t15-/m1/s1. The summed E-state index contributed by atoms with van der Waals surface area (Å²) in [5.41, 5.74) is 1.55. The third-order valence-electron chi connectivity index (χ3n) is 6.76.